The number of carbonyl (C=O) groups is 1. The van der Waals surface area contributed by atoms with Crippen LogP contribution in [0.15, 0.2) is 23.0 Å². The summed E-state index contributed by atoms with van der Waals surface area (Å²) in [4.78, 5) is 16.6. The number of rotatable bonds is 1. The van der Waals surface area contributed by atoms with Crippen molar-refractivity contribution < 1.29 is 14.7 Å². The Kier molecular flexibility index (Phi) is 3.90. The van der Waals surface area contributed by atoms with Crippen molar-refractivity contribution in [2.45, 2.75) is 52.4 Å². The maximum absolute atomic E-state index is 11.6. The number of allylic oxidation sites excluding steroid dienone is 1. The zero-order valence-electron chi connectivity index (χ0n) is 14.0. The van der Waals surface area contributed by atoms with Gasteiger partial charge in [-0.15, -0.1) is 0 Å². The molecule has 1 aliphatic heterocycles. The molecule has 0 aliphatic carbocycles. The lowest BCUT2D eigenvalue weighted by atomic mass is 9.78. The van der Waals surface area contributed by atoms with Gasteiger partial charge in [-0.2, -0.15) is 0 Å². The minimum Gasteiger partial charge on any atom is -0.507 e. The van der Waals surface area contributed by atoms with E-state index in [-0.39, 0.29) is 22.4 Å². The average molecular weight is 301 g/mol. The molecule has 22 heavy (non-hydrogen) atoms. The third-order valence-corrected chi connectivity index (χ3v) is 3.61. The van der Waals surface area contributed by atoms with Gasteiger partial charge >= 0.3 is 0 Å². The predicted molar refractivity (Wildman–Crippen MR) is 88.1 cm³/mol. The number of carbonyl (C=O) groups excluding carboxylic acids is 1. The maximum atomic E-state index is 11.6. The van der Waals surface area contributed by atoms with Crippen LogP contribution in [0.25, 0.3) is 6.08 Å². The number of phenols is 1. The van der Waals surface area contributed by atoms with Crippen LogP contribution in [0.4, 0.5) is 0 Å². The van der Waals surface area contributed by atoms with Crippen LogP contribution in [0, 0.1) is 0 Å². The zero-order valence-corrected chi connectivity index (χ0v) is 14.0. The Hall–Kier alpha value is -2.10. The van der Waals surface area contributed by atoms with Crippen molar-refractivity contribution >= 4 is 18.1 Å². The molecule has 0 spiro atoms. The molecule has 0 aromatic heterocycles. The van der Waals surface area contributed by atoms with Gasteiger partial charge in [0, 0.05) is 11.1 Å². The van der Waals surface area contributed by atoms with Crippen molar-refractivity contribution in [3.8, 4) is 5.75 Å². The molecular weight excluding hydrogens is 278 g/mol. The molecule has 0 saturated heterocycles. The van der Waals surface area contributed by atoms with Gasteiger partial charge in [-0.3, -0.25) is 4.79 Å². The van der Waals surface area contributed by atoms with Gasteiger partial charge in [0.1, 0.15) is 12.0 Å². The van der Waals surface area contributed by atoms with E-state index in [9.17, 15) is 9.90 Å². The molecule has 0 fully saturated rings. The highest BCUT2D eigenvalue weighted by Gasteiger charge is 2.26. The van der Waals surface area contributed by atoms with Gasteiger partial charge in [0.15, 0.2) is 0 Å². The summed E-state index contributed by atoms with van der Waals surface area (Å²) in [6.07, 6.45) is 2.82. The summed E-state index contributed by atoms with van der Waals surface area (Å²) >= 11 is 0. The minimum atomic E-state index is -0.248. The van der Waals surface area contributed by atoms with Crippen molar-refractivity contribution in [2.24, 2.45) is 5.16 Å². The number of hydrogen-bond acceptors (Lipinski definition) is 4. The molecule has 0 atom stereocenters. The molecular formula is C18H23NO3. The lowest BCUT2D eigenvalue weighted by Gasteiger charge is -2.27. The monoisotopic (exact) mass is 301 g/mol. The second-order valence-corrected chi connectivity index (χ2v) is 7.66. The Morgan fingerprint density at radius 1 is 1.05 bits per heavy atom. The fourth-order valence-electron chi connectivity index (χ4n) is 2.37. The van der Waals surface area contributed by atoms with Gasteiger partial charge in [-0.1, -0.05) is 46.7 Å². The smallest absolute Gasteiger partial charge is 0.245 e. The molecule has 0 radical (unpaired) electrons. The molecule has 0 bridgehead atoms. The molecule has 1 N–H and O–H groups in total. The number of phenolic OH excluding ortho intramolecular Hbond substituents is 1. The highest BCUT2D eigenvalue weighted by Crippen LogP contribution is 2.40. The van der Waals surface area contributed by atoms with Crippen LogP contribution in [-0.2, 0) is 20.5 Å². The van der Waals surface area contributed by atoms with Gasteiger partial charge in [0.2, 0.25) is 11.5 Å². The van der Waals surface area contributed by atoms with E-state index in [1.54, 1.807) is 6.08 Å². The van der Waals surface area contributed by atoms with Crippen LogP contribution < -0.4 is 0 Å². The number of oxime groups is 1. The van der Waals surface area contributed by atoms with Crippen molar-refractivity contribution in [3.05, 3.63) is 34.6 Å². The second kappa shape index (κ2) is 5.27. The van der Waals surface area contributed by atoms with Gasteiger partial charge in [-0.05, 0) is 34.6 Å². The van der Waals surface area contributed by atoms with Gasteiger partial charge < -0.3 is 9.94 Å². The van der Waals surface area contributed by atoms with Crippen LogP contribution in [0.1, 0.15) is 58.2 Å². The number of benzene rings is 1. The number of Topliss-reactive ketones (excluding diaryl/α,β-unsaturated/α-hetero) is 1. The fraction of sp³-hybridized carbons (Fsp3) is 0.444. The molecule has 0 unspecified atom stereocenters. The second-order valence-electron chi connectivity index (χ2n) is 7.66. The van der Waals surface area contributed by atoms with Crippen LogP contribution in [0.5, 0.6) is 5.75 Å². The van der Waals surface area contributed by atoms with E-state index in [2.05, 4.69) is 5.16 Å². The summed E-state index contributed by atoms with van der Waals surface area (Å²) in [6, 6.07) is 3.79. The van der Waals surface area contributed by atoms with E-state index < -0.39 is 0 Å². The lowest BCUT2D eigenvalue weighted by molar-refractivity contribution is -0.110. The summed E-state index contributed by atoms with van der Waals surface area (Å²) < 4.78 is 0. The van der Waals surface area contributed by atoms with E-state index in [1.807, 2.05) is 53.7 Å². The topological polar surface area (TPSA) is 58.9 Å². The van der Waals surface area contributed by atoms with E-state index in [0.29, 0.717) is 5.75 Å². The molecule has 2 rings (SSSR count). The molecule has 4 nitrogen and oxygen atoms in total. The molecule has 1 aliphatic rings. The first kappa shape index (κ1) is 16.3. The predicted octanol–water partition coefficient (Wildman–Crippen LogP) is 3.91. The van der Waals surface area contributed by atoms with Gasteiger partial charge in [-0.25, -0.2) is 0 Å². The van der Waals surface area contributed by atoms with Crippen molar-refractivity contribution in [1.29, 1.82) is 0 Å². The van der Waals surface area contributed by atoms with Gasteiger partial charge in [0.25, 0.3) is 0 Å². The summed E-state index contributed by atoms with van der Waals surface area (Å²) in [5.41, 5.74) is 2.09. The zero-order chi connectivity index (χ0) is 16.7. The highest BCUT2D eigenvalue weighted by molar-refractivity contribution is 6.36. The lowest BCUT2D eigenvalue weighted by Crippen LogP contribution is -2.17. The number of nitrogens with zero attached hydrogens (tertiary/aromatic N) is 1. The first-order valence-electron chi connectivity index (χ1n) is 7.34. The largest absolute Gasteiger partial charge is 0.507 e. The van der Waals surface area contributed by atoms with Crippen LogP contribution in [0.3, 0.4) is 0 Å². The van der Waals surface area contributed by atoms with Crippen LogP contribution >= 0.6 is 0 Å². The van der Waals surface area contributed by atoms with E-state index in [0.717, 1.165) is 22.9 Å². The minimum absolute atomic E-state index is 0.199. The Labute approximate surface area is 131 Å². The van der Waals surface area contributed by atoms with E-state index >= 15 is 0 Å². The molecule has 1 aromatic rings. The summed E-state index contributed by atoms with van der Waals surface area (Å²) in [6.45, 7) is 12.3. The number of ketones is 1. The van der Waals surface area contributed by atoms with Gasteiger partial charge in [0.05, 0.1) is 0 Å². The molecule has 4 heteroatoms. The number of hydrogen-bond donors (Lipinski definition) is 1. The molecule has 1 aromatic carbocycles. The van der Waals surface area contributed by atoms with Crippen molar-refractivity contribution in [3.63, 3.8) is 0 Å². The first-order valence-corrected chi connectivity index (χ1v) is 7.34. The Morgan fingerprint density at radius 3 is 1.91 bits per heavy atom. The summed E-state index contributed by atoms with van der Waals surface area (Å²) in [5.74, 6) is 0.269. The Balaban J connectivity index is 2.63. The summed E-state index contributed by atoms with van der Waals surface area (Å²) in [5, 5.41) is 14.2. The fourth-order valence-corrected chi connectivity index (χ4v) is 2.37. The highest BCUT2D eigenvalue weighted by atomic mass is 16.6. The van der Waals surface area contributed by atoms with Crippen molar-refractivity contribution in [1.82, 2.24) is 0 Å². The number of aromatic hydroxyl groups is 1. The standard InChI is InChI=1S/C18H23NO3/c1-17(2,3)12-7-11(9-15-14(20)10-19-22-15)8-13(16(12)21)18(4,5)6/h7-10,21H,1-6H3/b15-9-. The molecule has 118 valence electrons. The van der Waals surface area contributed by atoms with E-state index in [1.165, 1.54) is 0 Å². The molecule has 0 saturated carbocycles. The van der Waals surface area contributed by atoms with Crippen molar-refractivity contribution in [2.75, 3.05) is 0 Å². The Bertz CT molecular complexity index is 636. The van der Waals surface area contributed by atoms with E-state index in [4.69, 9.17) is 4.84 Å². The quantitative estimate of drug-likeness (QED) is 0.800. The SMILES string of the molecule is CC(C)(C)c1cc(/C=C2\ON=CC2=O)cc(C(C)(C)C)c1O. The average Bonchev–Trinajstić information content (AvgIpc) is 2.74. The Morgan fingerprint density at radius 2 is 1.55 bits per heavy atom. The summed E-state index contributed by atoms with van der Waals surface area (Å²) in [7, 11) is 0. The normalized spacial score (nSPS) is 17.2. The van der Waals surface area contributed by atoms with Crippen LogP contribution in [-0.4, -0.2) is 17.1 Å². The maximum Gasteiger partial charge on any atom is 0.245 e. The third kappa shape index (κ3) is 3.21. The first-order chi connectivity index (χ1) is 10.00. The molecule has 0 amide bonds. The third-order valence-electron chi connectivity index (χ3n) is 3.61. The van der Waals surface area contributed by atoms with Crippen LogP contribution in [0.2, 0.25) is 0 Å². The molecule has 1 heterocycles.